The number of hydrogen-bond acceptors (Lipinski definition) is 4. The summed E-state index contributed by atoms with van der Waals surface area (Å²) in [5.74, 6) is 0.580. The second-order valence-electron chi connectivity index (χ2n) is 5.82. The SMILES string of the molecule is CN(CCCNC(=O)Nc1cccnc1-n1cccn1)c1ccccc1. The van der Waals surface area contributed by atoms with Gasteiger partial charge in [0.1, 0.15) is 0 Å². The summed E-state index contributed by atoms with van der Waals surface area (Å²) < 4.78 is 1.62. The summed E-state index contributed by atoms with van der Waals surface area (Å²) in [4.78, 5) is 18.6. The third kappa shape index (κ3) is 4.60. The van der Waals surface area contributed by atoms with Crippen molar-refractivity contribution in [3.05, 3.63) is 67.1 Å². The first-order valence-electron chi connectivity index (χ1n) is 8.50. The maximum atomic E-state index is 12.2. The van der Waals surface area contributed by atoms with Gasteiger partial charge in [0.25, 0.3) is 0 Å². The number of nitrogens with one attached hydrogen (secondary N) is 2. The molecule has 3 aromatic rings. The molecular weight excluding hydrogens is 328 g/mol. The van der Waals surface area contributed by atoms with Crippen LogP contribution in [-0.2, 0) is 0 Å². The summed E-state index contributed by atoms with van der Waals surface area (Å²) in [7, 11) is 2.04. The number of hydrogen-bond donors (Lipinski definition) is 2. The van der Waals surface area contributed by atoms with E-state index in [0.29, 0.717) is 18.1 Å². The van der Waals surface area contributed by atoms with Gasteiger partial charge in [-0.15, -0.1) is 0 Å². The number of urea groups is 1. The van der Waals surface area contributed by atoms with Crippen LogP contribution in [0.1, 0.15) is 6.42 Å². The topological polar surface area (TPSA) is 75.1 Å². The normalized spacial score (nSPS) is 10.3. The van der Waals surface area contributed by atoms with Crippen molar-refractivity contribution in [2.75, 3.05) is 30.4 Å². The number of nitrogens with zero attached hydrogens (tertiary/aromatic N) is 4. The standard InChI is InChI=1S/C19H22N6O/c1-24(16-8-3-2-4-9-16)14-6-12-21-19(26)23-17-10-5-11-20-18(17)25-15-7-13-22-25/h2-5,7-11,13,15H,6,12,14H2,1H3,(H2,21,23,26). The Morgan fingerprint density at radius 1 is 1.12 bits per heavy atom. The molecule has 0 atom stereocenters. The van der Waals surface area contributed by atoms with Crippen LogP contribution in [0.25, 0.3) is 5.82 Å². The molecule has 134 valence electrons. The van der Waals surface area contributed by atoms with Gasteiger partial charge in [-0.3, -0.25) is 0 Å². The van der Waals surface area contributed by atoms with Crippen LogP contribution in [0.4, 0.5) is 16.2 Å². The van der Waals surface area contributed by atoms with Crippen molar-refractivity contribution in [2.24, 2.45) is 0 Å². The minimum absolute atomic E-state index is 0.256. The van der Waals surface area contributed by atoms with E-state index in [1.165, 1.54) is 0 Å². The van der Waals surface area contributed by atoms with Gasteiger partial charge in [-0.1, -0.05) is 18.2 Å². The van der Waals surface area contributed by atoms with E-state index >= 15 is 0 Å². The predicted octanol–water partition coefficient (Wildman–Crippen LogP) is 2.92. The number of benzene rings is 1. The van der Waals surface area contributed by atoms with Crippen molar-refractivity contribution in [3.8, 4) is 5.82 Å². The molecule has 1 aromatic carbocycles. The number of pyridine rings is 1. The number of amides is 2. The third-order valence-corrected chi connectivity index (χ3v) is 3.91. The van der Waals surface area contributed by atoms with Gasteiger partial charge >= 0.3 is 6.03 Å². The maximum Gasteiger partial charge on any atom is 0.319 e. The minimum Gasteiger partial charge on any atom is -0.375 e. The molecule has 26 heavy (non-hydrogen) atoms. The fraction of sp³-hybridized carbons (Fsp3) is 0.211. The summed E-state index contributed by atoms with van der Waals surface area (Å²) in [5.41, 5.74) is 1.77. The Labute approximate surface area is 152 Å². The van der Waals surface area contributed by atoms with Crippen molar-refractivity contribution in [1.29, 1.82) is 0 Å². The average molecular weight is 350 g/mol. The molecule has 2 amide bonds. The summed E-state index contributed by atoms with van der Waals surface area (Å²) in [6.07, 6.45) is 5.96. The van der Waals surface area contributed by atoms with E-state index in [-0.39, 0.29) is 6.03 Å². The fourth-order valence-electron chi connectivity index (χ4n) is 2.57. The van der Waals surface area contributed by atoms with Crippen molar-refractivity contribution in [1.82, 2.24) is 20.1 Å². The average Bonchev–Trinajstić information content (AvgIpc) is 3.21. The van der Waals surface area contributed by atoms with Crippen molar-refractivity contribution >= 4 is 17.4 Å². The molecule has 0 saturated heterocycles. The Bertz CT molecular complexity index is 819. The summed E-state index contributed by atoms with van der Waals surface area (Å²) >= 11 is 0. The molecule has 0 bridgehead atoms. The molecular formula is C19H22N6O. The first-order valence-corrected chi connectivity index (χ1v) is 8.50. The zero-order chi connectivity index (χ0) is 18.2. The molecule has 0 spiro atoms. The maximum absolute atomic E-state index is 12.2. The van der Waals surface area contributed by atoms with E-state index in [0.717, 1.165) is 18.7 Å². The molecule has 7 nitrogen and oxygen atoms in total. The van der Waals surface area contributed by atoms with Crippen LogP contribution in [0.5, 0.6) is 0 Å². The highest BCUT2D eigenvalue weighted by Crippen LogP contribution is 2.15. The van der Waals surface area contributed by atoms with E-state index in [9.17, 15) is 4.79 Å². The van der Waals surface area contributed by atoms with Crippen molar-refractivity contribution in [2.45, 2.75) is 6.42 Å². The van der Waals surface area contributed by atoms with Gasteiger partial charge in [-0.2, -0.15) is 5.10 Å². The molecule has 0 aliphatic carbocycles. The second-order valence-corrected chi connectivity index (χ2v) is 5.82. The quantitative estimate of drug-likeness (QED) is 0.643. The highest BCUT2D eigenvalue weighted by molar-refractivity contribution is 5.90. The van der Waals surface area contributed by atoms with Crippen molar-refractivity contribution in [3.63, 3.8) is 0 Å². The molecule has 2 heterocycles. The molecule has 0 fully saturated rings. The zero-order valence-corrected chi connectivity index (χ0v) is 14.7. The van der Waals surface area contributed by atoms with Crippen LogP contribution in [0.2, 0.25) is 0 Å². The lowest BCUT2D eigenvalue weighted by molar-refractivity contribution is 0.252. The van der Waals surface area contributed by atoms with Crippen LogP contribution >= 0.6 is 0 Å². The van der Waals surface area contributed by atoms with Crippen LogP contribution in [0, 0.1) is 0 Å². The Hall–Kier alpha value is -3.35. The van der Waals surface area contributed by atoms with E-state index in [1.807, 2.05) is 31.3 Å². The summed E-state index contributed by atoms with van der Waals surface area (Å²) in [5, 5.41) is 9.86. The number of carbonyl (C=O) groups is 1. The third-order valence-electron chi connectivity index (χ3n) is 3.91. The summed E-state index contributed by atoms with van der Waals surface area (Å²) in [6.45, 7) is 1.44. The van der Waals surface area contributed by atoms with Crippen LogP contribution in [-0.4, -0.2) is 40.9 Å². The molecule has 7 heteroatoms. The lowest BCUT2D eigenvalue weighted by Crippen LogP contribution is -2.32. The number of para-hydroxylation sites is 1. The zero-order valence-electron chi connectivity index (χ0n) is 14.7. The molecule has 0 aliphatic heterocycles. The van der Waals surface area contributed by atoms with Gasteiger partial charge in [0.15, 0.2) is 5.82 Å². The van der Waals surface area contributed by atoms with Gasteiger partial charge in [0.05, 0.1) is 5.69 Å². The molecule has 0 saturated carbocycles. The van der Waals surface area contributed by atoms with Gasteiger partial charge in [-0.05, 0) is 36.8 Å². The Morgan fingerprint density at radius 3 is 2.73 bits per heavy atom. The lowest BCUT2D eigenvalue weighted by Gasteiger charge is -2.19. The van der Waals surface area contributed by atoms with E-state index < -0.39 is 0 Å². The number of carbonyl (C=O) groups excluding carboxylic acids is 1. The van der Waals surface area contributed by atoms with E-state index in [4.69, 9.17) is 0 Å². The van der Waals surface area contributed by atoms with Crippen molar-refractivity contribution < 1.29 is 4.79 Å². The molecule has 0 radical (unpaired) electrons. The monoisotopic (exact) mass is 350 g/mol. The first kappa shape index (κ1) is 17.5. The van der Waals surface area contributed by atoms with Crippen LogP contribution in [0.15, 0.2) is 67.1 Å². The predicted molar refractivity (Wildman–Crippen MR) is 103 cm³/mol. The second kappa shape index (κ2) is 8.66. The minimum atomic E-state index is -0.256. The molecule has 2 N–H and O–H groups in total. The van der Waals surface area contributed by atoms with Crippen LogP contribution < -0.4 is 15.5 Å². The highest BCUT2D eigenvalue weighted by atomic mass is 16.2. The van der Waals surface area contributed by atoms with Gasteiger partial charge in [0, 0.05) is 44.4 Å². The van der Waals surface area contributed by atoms with Gasteiger partial charge < -0.3 is 15.5 Å². The van der Waals surface area contributed by atoms with Gasteiger partial charge in [0.2, 0.25) is 0 Å². The van der Waals surface area contributed by atoms with E-state index in [1.54, 1.807) is 35.4 Å². The lowest BCUT2D eigenvalue weighted by atomic mass is 10.3. The number of anilines is 2. The summed E-state index contributed by atoms with van der Waals surface area (Å²) in [6, 6.07) is 15.3. The fourth-order valence-corrected chi connectivity index (χ4v) is 2.57. The Morgan fingerprint density at radius 2 is 1.96 bits per heavy atom. The smallest absolute Gasteiger partial charge is 0.319 e. The Balaban J connectivity index is 1.47. The number of rotatable bonds is 7. The largest absolute Gasteiger partial charge is 0.375 e. The Kier molecular flexibility index (Phi) is 5.82. The van der Waals surface area contributed by atoms with Crippen LogP contribution in [0.3, 0.4) is 0 Å². The van der Waals surface area contributed by atoms with Gasteiger partial charge in [-0.25, -0.2) is 14.5 Å². The highest BCUT2D eigenvalue weighted by Gasteiger charge is 2.09. The molecule has 3 rings (SSSR count). The molecule has 0 unspecified atom stereocenters. The first-order chi connectivity index (χ1) is 12.7. The van der Waals surface area contributed by atoms with E-state index in [2.05, 4.69) is 37.7 Å². The molecule has 2 aromatic heterocycles. The number of aromatic nitrogens is 3. The molecule has 0 aliphatic rings.